The van der Waals surface area contributed by atoms with Gasteiger partial charge in [-0.25, -0.2) is 0 Å². The molecule has 0 saturated heterocycles. The lowest BCUT2D eigenvalue weighted by Crippen LogP contribution is -2.24. The first-order valence-electron chi connectivity index (χ1n) is 4.88. The highest BCUT2D eigenvalue weighted by atomic mass is 79.9. The second-order valence-electron chi connectivity index (χ2n) is 3.24. The Labute approximate surface area is 103 Å². The molecule has 2 nitrogen and oxygen atoms in total. The van der Waals surface area contributed by atoms with Gasteiger partial charge in [0.1, 0.15) is 0 Å². The molecular formula is C11H13BrClNO. The first kappa shape index (κ1) is 12.5. The van der Waals surface area contributed by atoms with Gasteiger partial charge in [0.25, 0.3) is 5.91 Å². The van der Waals surface area contributed by atoms with E-state index in [1.165, 1.54) is 0 Å². The number of unbranched alkanes of at least 4 members (excludes halogenated alkanes) is 1. The minimum absolute atomic E-state index is 0.0548. The summed E-state index contributed by atoms with van der Waals surface area (Å²) in [7, 11) is 0. The van der Waals surface area contributed by atoms with Crippen molar-refractivity contribution in [2.75, 3.05) is 6.54 Å². The van der Waals surface area contributed by atoms with E-state index in [2.05, 4.69) is 28.2 Å². The molecule has 0 saturated carbocycles. The van der Waals surface area contributed by atoms with Crippen molar-refractivity contribution in [2.45, 2.75) is 19.8 Å². The topological polar surface area (TPSA) is 29.1 Å². The maximum atomic E-state index is 11.6. The average Bonchev–Trinajstić information content (AvgIpc) is 2.22. The van der Waals surface area contributed by atoms with E-state index in [0.29, 0.717) is 10.6 Å². The van der Waals surface area contributed by atoms with Gasteiger partial charge in [0.15, 0.2) is 0 Å². The molecule has 1 rings (SSSR count). The van der Waals surface area contributed by atoms with E-state index < -0.39 is 0 Å². The second-order valence-corrected chi connectivity index (χ2v) is 4.50. The van der Waals surface area contributed by atoms with Gasteiger partial charge >= 0.3 is 0 Å². The van der Waals surface area contributed by atoms with Gasteiger partial charge in [-0.05, 0) is 40.5 Å². The summed E-state index contributed by atoms with van der Waals surface area (Å²) in [6, 6.07) is 5.15. The van der Waals surface area contributed by atoms with Gasteiger partial charge in [0.2, 0.25) is 0 Å². The lowest BCUT2D eigenvalue weighted by molar-refractivity contribution is 0.0953. The van der Waals surface area contributed by atoms with Crippen LogP contribution in [-0.4, -0.2) is 12.5 Å². The summed E-state index contributed by atoms with van der Waals surface area (Å²) in [6.07, 6.45) is 2.07. The molecule has 4 heteroatoms. The third-order valence-corrected chi connectivity index (χ3v) is 3.21. The number of nitrogens with one attached hydrogen (secondary N) is 1. The maximum Gasteiger partial charge on any atom is 0.251 e. The molecule has 1 N–H and O–H groups in total. The van der Waals surface area contributed by atoms with Crippen molar-refractivity contribution >= 4 is 33.4 Å². The van der Waals surface area contributed by atoms with Crippen molar-refractivity contribution in [3.05, 3.63) is 33.3 Å². The first-order valence-corrected chi connectivity index (χ1v) is 6.05. The predicted octanol–water partition coefficient (Wildman–Crippen LogP) is 3.63. The minimum atomic E-state index is -0.0548. The minimum Gasteiger partial charge on any atom is -0.352 e. The highest BCUT2D eigenvalue weighted by Crippen LogP contribution is 2.23. The van der Waals surface area contributed by atoms with Crippen molar-refractivity contribution in [3.8, 4) is 0 Å². The van der Waals surface area contributed by atoms with Gasteiger partial charge in [0, 0.05) is 16.6 Å². The van der Waals surface area contributed by atoms with Crippen molar-refractivity contribution < 1.29 is 4.79 Å². The lowest BCUT2D eigenvalue weighted by Gasteiger charge is -2.05. The number of amides is 1. The fourth-order valence-electron chi connectivity index (χ4n) is 1.12. The lowest BCUT2D eigenvalue weighted by atomic mass is 10.2. The van der Waals surface area contributed by atoms with Crippen molar-refractivity contribution in [1.29, 1.82) is 0 Å². The quantitative estimate of drug-likeness (QED) is 0.843. The molecule has 15 heavy (non-hydrogen) atoms. The molecule has 1 aromatic rings. The molecule has 0 atom stereocenters. The molecule has 0 aliphatic rings. The van der Waals surface area contributed by atoms with Gasteiger partial charge < -0.3 is 5.32 Å². The SMILES string of the molecule is CCCCNC(=O)c1ccc(Cl)c(Br)c1. The van der Waals surface area contributed by atoms with E-state index in [9.17, 15) is 4.79 Å². The molecule has 0 heterocycles. The predicted molar refractivity (Wildman–Crippen MR) is 66.4 cm³/mol. The molecule has 0 fully saturated rings. The fraction of sp³-hybridized carbons (Fsp3) is 0.364. The summed E-state index contributed by atoms with van der Waals surface area (Å²) in [5, 5.41) is 3.45. The molecule has 0 spiro atoms. The van der Waals surface area contributed by atoms with Crippen molar-refractivity contribution in [3.63, 3.8) is 0 Å². The summed E-state index contributed by atoms with van der Waals surface area (Å²) in [6.45, 7) is 2.81. The molecular weight excluding hydrogens is 277 g/mol. The van der Waals surface area contributed by atoms with E-state index in [4.69, 9.17) is 11.6 Å². The van der Waals surface area contributed by atoms with Crippen LogP contribution < -0.4 is 5.32 Å². The van der Waals surface area contributed by atoms with Crippen LogP contribution in [0.15, 0.2) is 22.7 Å². The first-order chi connectivity index (χ1) is 7.15. The van der Waals surface area contributed by atoms with Gasteiger partial charge in [-0.15, -0.1) is 0 Å². The molecule has 1 aromatic carbocycles. The van der Waals surface area contributed by atoms with Gasteiger partial charge in [0.05, 0.1) is 5.02 Å². The number of carbonyl (C=O) groups is 1. The van der Waals surface area contributed by atoms with Crippen LogP contribution in [0.2, 0.25) is 5.02 Å². The normalized spacial score (nSPS) is 10.1. The molecule has 0 unspecified atom stereocenters. The Morgan fingerprint density at radius 3 is 2.87 bits per heavy atom. The smallest absolute Gasteiger partial charge is 0.251 e. The summed E-state index contributed by atoms with van der Waals surface area (Å²) < 4.78 is 0.743. The summed E-state index contributed by atoms with van der Waals surface area (Å²) in [4.78, 5) is 11.6. The zero-order valence-electron chi connectivity index (χ0n) is 8.52. The van der Waals surface area contributed by atoms with Crippen LogP contribution in [-0.2, 0) is 0 Å². The number of rotatable bonds is 4. The number of carbonyl (C=O) groups excluding carboxylic acids is 1. The fourth-order valence-corrected chi connectivity index (χ4v) is 1.61. The van der Waals surface area contributed by atoms with Gasteiger partial charge in [-0.2, -0.15) is 0 Å². The summed E-state index contributed by atoms with van der Waals surface area (Å²) in [5.41, 5.74) is 0.627. The van der Waals surface area contributed by atoms with Crippen LogP contribution in [0.4, 0.5) is 0 Å². The Morgan fingerprint density at radius 2 is 2.27 bits per heavy atom. The average molecular weight is 291 g/mol. The Hall–Kier alpha value is -0.540. The molecule has 0 aliphatic heterocycles. The van der Waals surface area contributed by atoms with Crippen LogP contribution in [0.3, 0.4) is 0 Å². The van der Waals surface area contributed by atoms with E-state index in [-0.39, 0.29) is 5.91 Å². The molecule has 1 amide bonds. The largest absolute Gasteiger partial charge is 0.352 e. The zero-order valence-corrected chi connectivity index (χ0v) is 10.9. The molecule has 0 aliphatic carbocycles. The number of hydrogen-bond donors (Lipinski definition) is 1. The molecule has 0 radical (unpaired) electrons. The van der Waals surface area contributed by atoms with E-state index in [0.717, 1.165) is 23.9 Å². The van der Waals surface area contributed by atoms with E-state index in [1.54, 1.807) is 18.2 Å². The third-order valence-electron chi connectivity index (χ3n) is 2.00. The highest BCUT2D eigenvalue weighted by Gasteiger charge is 2.06. The number of halogens is 2. The highest BCUT2D eigenvalue weighted by molar-refractivity contribution is 9.10. The van der Waals surface area contributed by atoms with Crippen LogP contribution in [0.1, 0.15) is 30.1 Å². The van der Waals surface area contributed by atoms with Crippen LogP contribution >= 0.6 is 27.5 Å². The van der Waals surface area contributed by atoms with Gasteiger partial charge in [-0.3, -0.25) is 4.79 Å². The zero-order chi connectivity index (χ0) is 11.3. The van der Waals surface area contributed by atoms with Crippen molar-refractivity contribution in [1.82, 2.24) is 5.32 Å². The third kappa shape index (κ3) is 3.84. The van der Waals surface area contributed by atoms with Crippen LogP contribution in [0.5, 0.6) is 0 Å². The van der Waals surface area contributed by atoms with Crippen molar-refractivity contribution in [2.24, 2.45) is 0 Å². The Kier molecular flexibility index (Phi) is 5.12. The van der Waals surface area contributed by atoms with Gasteiger partial charge in [-0.1, -0.05) is 24.9 Å². The monoisotopic (exact) mass is 289 g/mol. The summed E-state index contributed by atoms with van der Waals surface area (Å²) in [5.74, 6) is -0.0548. The number of benzene rings is 1. The Balaban J connectivity index is 2.62. The number of hydrogen-bond acceptors (Lipinski definition) is 1. The Bertz CT molecular complexity index is 354. The molecule has 0 bridgehead atoms. The van der Waals surface area contributed by atoms with E-state index in [1.807, 2.05) is 0 Å². The Morgan fingerprint density at radius 1 is 1.53 bits per heavy atom. The standard InChI is InChI=1S/C11H13BrClNO/c1-2-3-6-14-11(15)8-4-5-10(13)9(12)7-8/h4-5,7H,2-3,6H2,1H3,(H,14,15). The molecule has 0 aromatic heterocycles. The van der Waals surface area contributed by atoms with E-state index >= 15 is 0 Å². The molecule has 82 valence electrons. The summed E-state index contributed by atoms with van der Waals surface area (Å²) >= 11 is 9.12. The second kappa shape index (κ2) is 6.13. The maximum absolute atomic E-state index is 11.6. The van der Waals surface area contributed by atoms with Crippen LogP contribution in [0.25, 0.3) is 0 Å². The van der Waals surface area contributed by atoms with Crippen LogP contribution in [0, 0.1) is 0 Å².